The van der Waals surface area contributed by atoms with E-state index >= 15 is 0 Å². The first-order chi connectivity index (χ1) is 12.4. The lowest BCUT2D eigenvalue weighted by Crippen LogP contribution is -2.36. The molecule has 0 unspecified atom stereocenters. The fourth-order valence-electron chi connectivity index (χ4n) is 2.80. The summed E-state index contributed by atoms with van der Waals surface area (Å²) in [4.78, 5) is 17.6. The van der Waals surface area contributed by atoms with Gasteiger partial charge in [0.05, 0.1) is 12.3 Å². The zero-order valence-electron chi connectivity index (χ0n) is 15.5. The van der Waals surface area contributed by atoms with E-state index in [4.69, 9.17) is 14.2 Å². The van der Waals surface area contributed by atoms with E-state index in [0.29, 0.717) is 31.2 Å². The smallest absolute Gasteiger partial charge is 0.263 e. The maximum absolute atomic E-state index is 12.6. The molecule has 26 heavy (non-hydrogen) atoms. The average Bonchev–Trinajstić information content (AvgIpc) is 3.00. The molecule has 2 aromatic rings. The molecule has 2 heterocycles. The van der Waals surface area contributed by atoms with Gasteiger partial charge in [-0.3, -0.25) is 4.79 Å². The summed E-state index contributed by atoms with van der Waals surface area (Å²) in [6, 6.07) is 5.95. The maximum atomic E-state index is 12.6. The SMILES string of the molecule is COCc1nc(C)c(C(=O)NCC(C)(C)c2ccc3c(c2)OCCO3)s1. The Morgan fingerprint density at radius 1 is 1.31 bits per heavy atom. The van der Waals surface area contributed by atoms with E-state index in [1.54, 1.807) is 7.11 Å². The van der Waals surface area contributed by atoms with Crippen LogP contribution in [0.1, 0.15) is 39.8 Å². The van der Waals surface area contributed by atoms with E-state index in [2.05, 4.69) is 24.1 Å². The van der Waals surface area contributed by atoms with Gasteiger partial charge in [-0.1, -0.05) is 19.9 Å². The Labute approximate surface area is 157 Å². The van der Waals surface area contributed by atoms with Gasteiger partial charge in [-0.15, -0.1) is 11.3 Å². The van der Waals surface area contributed by atoms with Crippen LogP contribution in [0.15, 0.2) is 18.2 Å². The summed E-state index contributed by atoms with van der Waals surface area (Å²) in [6.07, 6.45) is 0. The van der Waals surface area contributed by atoms with Crippen molar-refractivity contribution in [3.63, 3.8) is 0 Å². The Morgan fingerprint density at radius 3 is 2.77 bits per heavy atom. The van der Waals surface area contributed by atoms with Gasteiger partial charge >= 0.3 is 0 Å². The van der Waals surface area contributed by atoms with Crippen LogP contribution in [0.25, 0.3) is 0 Å². The summed E-state index contributed by atoms with van der Waals surface area (Å²) < 4.78 is 16.3. The normalized spacial score (nSPS) is 13.5. The second-order valence-corrected chi connectivity index (χ2v) is 7.96. The lowest BCUT2D eigenvalue weighted by Gasteiger charge is -2.27. The number of aromatic nitrogens is 1. The van der Waals surface area contributed by atoms with Gasteiger partial charge in [-0.25, -0.2) is 4.98 Å². The number of rotatable bonds is 6. The van der Waals surface area contributed by atoms with Crippen LogP contribution in [0.5, 0.6) is 11.5 Å². The number of ether oxygens (including phenoxy) is 3. The van der Waals surface area contributed by atoms with Crippen LogP contribution in [0.4, 0.5) is 0 Å². The second-order valence-electron chi connectivity index (χ2n) is 6.88. The van der Waals surface area contributed by atoms with Gasteiger partial charge in [0.25, 0.3) is 5.91 Å². The molecular formula is C19H24N2O4S. The van der Waals surface area contributed by atoms with Crippen molar-refractivity contribution in [1.82, 2.24) is 10.3 Å². The monoisotopic (exact) mass is 376 g/mol. The highest BCUT2D eigenvalue weighted by Gasteiger charge is 2.25. The number of carbonyl (C=O) groups excluding carboxylic acids is 1. The molecule has 1 aliphatic heterocycles. The van der Waals surface area contributed by atoms with Crippen molar-refractivity contribution in [1.29, 1.82) is 0 Å². The predicted octanol–water partition coefficient (Wildman–Crippen LogP) is 3.08. The summed E-state index contributed by atoms with van der Waals surface area (Å²) >= 11 is 1.37. The molecule has 1 aliphatic rings. The Bertz CT molecular complexity index is 801. The summed E-state index contributed by atoms with van der Waals surface area (Å²) in [5.41, 5.74) is 1.57. The van der Waals surface area contributed by atoms with E-state index in [9.17, 15) is 4.79 Å². The van der Waals surface area contributed by atoms with Crippen molar-refractivity contribution in [2.24, 2.45) is 0 Å². The largest absolute Gasteiger partial charge is 0.486 e. The van der Waals surface area contributed by atoms with Gasteiger partial charge < -0.3 is 19.5 Å². The average molecular weight is 376 g/mol. The number of nitrogens with one attached hydrogen (secondary N) is 1. The second kappa shape index (κ2) is 7.63. The predicted molar refractivity (Wildman–Crippen MR) is 100 cm³/mol. The molecule has 6 nitrogen and oxygen atoms in total. The third kappa shape index (κ3) is 3.99. The lowest BCUT2D eigenvalue weighted by molar-refractivity contribution is 0.0949. The highest BCUT2D eigenvalue weighted by atomic mass is 32.1. The number of benzene rings is 1. The minimum Gasteiger partial charge on any atom is -0.486 e. The van der Waals surface area contributed by atoms with Crippen LogP contribution < -0.4 is 14.8 Å². The Hall–Kier alpha value is -2.12. The Morgan fingerprint density at radius 2 is 2.04 bits per heavy atom. The highest BCUT2D eigenvalue weighted by Crippen LogP contribution is 2.35. The number of fused-ring (bicyclic) bond motifs is 1. The van der Waals surface area contributed by atoms with E-state index in [1.807, 2.05) is 25.1 Å². The van der Waals surface area contributed by atoms with Crippen LogP contribution in [0, 0.1) is 6.92 Å². The third-order valence-corrected chi connectivity index (χ3v) is 5.46. The van der Waals surface area contributed by atoms with Gasteiger partial charge in [0.15, 0.2) is 11.5 Å². The molecule has 0 saturated heterocycles. The molecule has 1 N–H and O–H groups in total. The topological polar surface area (TPSA) is 69.7 Å². The molecule has 0 saturated carbocycles. The summed E-state index contributed by atoms with van der Waals surface area (Å²) in [5, 5.41) is 3.84. The molecule has 0 fully saturated rings. The van der Waals surface area contributed by atoms with Gasteiger partial charge in [0.1, 0.15) is 23.1 Å². The van der Waals surface area contributed by atoms with Crippen molar-refractivity contribution in [3.05, 3.63) is 39.3 Å². The zero-order valence-corrected chi connectivity index (χ0v) is 16.4. The fraction of sp³-hybridized carbons (Fsp3) is 0.474. The highest BCUT2D eigenvalue weighted by molar-refractivity contribution is 7.13. The minimum absolute atomic E-state index is 0.104. The number of nitrogens with zero attached hydrogens (tertiary/aromatic N) is 1. The molecular weight excluding hydrogens is 352 g/mol. The first kappa shape index (κ1) is 18.7. The molecule has 7 heteroatoms. The Kier molecular flexibility index (Phi) is 5.48. The minimum atomic E-state index is -0.251. The molecule has 1 amide bonds. The summed E-state index contributed by atoms with van der Waals surface area (Å²) in [6.45, 7) is 8.08. The number of carbonyl (C=O) groups is 1. The molecule has 3 rings (SSSR count). The van der Waals surface area contributed by atoms with Crippen LogP contribution >= 0.6 is 11.3 Å². The Balaban J connectivity index is 1.69. The number of methoxy groups -OCH3 is 1. The van der Waals surface area contributed by atoms with Gasteiger partial charge in [0.2, 0.25) is 0 Å². The first-order valence-corrected chi connectivity index (χ1v) is 9.36. The van der Waals surface area contributed by atoms with Crippen LogP contribution in [-0.2, 0) is 16.8 Å². The van der Waals surface area contributed by atoms with Gasteiger partial charge in [-0.2, -0.15) is 0 Å². The van der Waals surface area contributed by atoms with Crippen LogP contribution in [-0.4, -0.2) is 37.8 Å². The van der Waals surface area contributed by atoms with E-state index in [1.165, 1.54) is 11.3 Å². The van der Waals surface area contributed by atoms with E-state index < -0.39 is 0 Å². The van der Waals surface area contributed by atoms with Crippen molar-refractivity contribution in [2.45, 2.75) is 32.8 Å². The first-order valence-electron chi connectivity index (χ1n) is 8.54. The lowest BCUT2D eigenvalue weighted by atomic mass is 9.84. The van der Waals surface area contributed by atoms with E-state index in [0.717, 1.165) is 27.8 Å². The van der Waals surface area contributed by atoms with Crippen molar-refractivity contribution in [2.75, 3.05) is 26.9 Å². The van der Waals surface area contributed by atoms with Crippen LogP contribution in [0.2, 0.25) is 0 Å². The quantitative estimate of drug-likeness (QED) is 0.839. The maximum Gasteiger partial charge on any atom is 0.263 e. The number of hydrogen-bond donors (Lipinski definition) is 1. The number of hydrogen-bond acceptors (Lipinski definition) is 6. The van der Waals surface area contributed by atoms with Crippen molar-refractivity contribution in [3.8, 4) is 11.5 Å². The summed E-state index contributed by atoms with van der Waals surface area (Å²) in [5.74, 6) is 1.43. The third-order valence-electron chi connectivity index (χ3n) is 4.33. The zero-order chi connectivity index (χ0) is 18.7. The standard InChI is InChI=1S/C19H24N2O4S/c1-12-17(26-16(21-12)10-23-4)18(22)20-11-19(2,3)13-5-6-14-15(9-13)25-8-7-24-14/h5-6,9H,7-8,10-11H2,1-4H3,(H,20,22). The van der Waals surface area contributed by atoms with Crippen LogP contribution in [0.3, 0.4) is 0 Å². The molecule has 0 spiro atoms. The molecule has 1 aromatic carbocycles. The van der Waals surface area contributed by atoms with E-state index in [-0.39, 0.29) is 11.3 Å². The molecule has 0 bridgehead atoms. The number of thiazole rings is 1. The molecule has 1 aromatic heterocycles. The van der Waals surface area contributed by atoms with Gasteiger partial charge in [0, 0.05) is 19.1 Å². The van der Waals surface area contributed by atoms with Gasteiger partial charge in [-0.05, 0) is 24.6 Å². The molecule has 0 atom stereocenters. The molecule has 140 valence electrons. The van der Waals surface area contributed by atoms with Crippen molar-refractivity contribution < 1.29 is 19.0 Å². The number of amides is 1. The fourth-order valence-corrected chi connectivity index (χ4v) is 3.75. The summed E-state index contributed by atoms with van der Waals surface area (Å²) in [7, 11) is 1.62. The molecule has 0 radical (unpaired) electrons. The van der Waals surface area contributed by atoms with Crippen molar-refractivity contribution >= 4 is 17.2 Å². The number of aryl methyl sites for hydroxylation is 1. The molecule has 0 aliphatic carbocycles.